The Kier molecular flexibility index (Phi) is 14.2. The number of hydrogen-bond donors (Lipinski definition) is 2. The van der Waals surface area contributed by atoms with Crippen molar-refractivity contribution >= 4 is 12.1 Å². The van der Waals surface area contributed by atoms with Gasteiger partial charge in [0.15, 0.2) is 0 Å². The van der Waals surface area contributed by atoms with Gasteiger partial charge in [0.2, 0.25) is 0 Å². The molecule has 106 valence electrons. The number of allylic oxidation sites excluding steroid dienone is 1. The highest BCUT2D eigenvalue weighted by Gasteiger charge is 2.03. The van der Waals surface area contributed by atoms with Gasteiger partial charge in [0.05, 0.1) is 6.61 Å². The highest BCUT2D eigenvalue weighted by molar-refractivity contribution is 5.76. The van der Waals surface area contributed by atoms with E-state index in [2.05, 4.69) is 32.7 Å². The smallest absolute Gasteiger partial charge is 0.407 e. The molecule has 0 radical (unpaired) electrons. The second-order valence-corrected chi connectivity index (χ2v) is 4.40. The topological polar surface area (TPSA) is 75.6 Å². The molecule has 18 heavy (non-hydrogen) atoms. The van der Waals surface area contributed by atoms with Gasteiger partial charge in [0.25, 0.3) is 0 Å². The van der Waals surface area contributed by atoms with E-state index in [0.29, 0.717) is 6.61 Å². The van der Waals surface area contributed by atoms with Gasteiger partial charge < -0.3 is 15.2 Å². The average Bonchev–Trinajstić information content (AvgIpc) is 2.25. The van der Waals surface area contributed by atoms with Crippen molar-refractivity contribution in [2.45, 2.75) is 40.0 Å². The first-order chi connectivity index (χ1) is 8.40. The van der Waals surface area contributed by atoms with Crippen molar-refractivity contribution in [1.82, 2.24) is 5.32 Å². The first-order valence-electron chi connectivity index (χ1n) is 6.13. The van der Waals surface area contributed by atoms with Crippen LogP contribution in [0.2, 0.25) is 0 Å². The van der Waals surface area contributed by atoms with Crippen molar-refractivity contribution in [3.05, 3.63) is 12.7 Å². The molecule has 0 spiro atoms. The Hall–Kier alpha value is -1.52. The standard InChI is InChI=1S/C9H15NO4.C4H10/c1-2-3-4-5-6-14-9(13)10-7-8(11)12;1-4(2)3/h2H,1,3-7H2,(H,10,13)(H,11,12);4H,1-3H3. The number of aliphatic carboxylic acids is 1. The molecule has 5 heteroatoms. The van der Waals surface area contributed by atoms with E-state index in [9.17, 15) is 9.59 Å². The van der Waals surface area contributed by atoms with Crippen molar-refractivity contribution in [2.24, 2.45) is 5.92 Å². The van der Waals surface area contributed by atoms with Gasteiger partial charge in [-0.3, -0.25) is 4.79 Å². The van der Waals surface area contributed by atoms with E-state index in [-0.39, 0.29) is 0 Å². The number of rotatable bonds is 7. The number of ether oxygens (including phenoxy) is 1. The largest absolute Gasteiger partial charge is 0.480 e. The molecule has 0 unspecified atom stereocenters. The minimum absolute atomic E-state index is 0.305. The Morgan fingerprint density at radius 2 is 1.89 bits per heavy atom. The number of carbonyl (C=O) groups is 2. The predicted molar refractivity (Wildman–Crippen MR) is 71.5 cm³/mol. The molecule has 2 N–H and O–H groups in total. The van der Waals surface area contributed by atoms with Crippen LogP contribution in [-0.2, 0) is 9.53 Å². The summed E-state index contributed by atoms with van der Waals surface area (Å²) in [5.74, 6) is -0.256. The van der Waals surface area contributed by atoms with Crippen LogP contribution in [0.5, 0.6) is 0 Å². The fraction of sp³-hybridized carbons (Fsp3) is 0.692. The average molecular weight is 259 g/mol. The summed E-state index contributed by atoms with van der Waals surface area (Å²) in [6.07, 6.45) is 3.67. The summed E-state index contributed by atoms with van der Waals surface area (Å²) in [5.41, 5.74) is 0. The lowest BCUT2D eigenvalue weighted by atomic mass is 10.2. The molecule has 0 heterocycles. The molecule has 0 aliphatic carbocycles. The number of carbonyl (C=O) groups excluding carboxylic acids is 1. The molecule has 0 aliphatic rings. The van der Waals surface area contributed by atoms with Crippen LogP contribution in [0.25, 0.3) is 0 Å². The fourth-order valence-electron chi connectivity index (χ4n) is 0.754. The summed E-state index contributed by atoms with van der Waals surface area (Å²) in [6, 6.07) is 0. The molecule has 0 rings (SSSR count). The summed E-state index contributed by atoms with van der Waals surface area (Å²) in [7, 11) is 0. The van der Waals surface area contributed by atoms with Gasteiger partial charge >= 0.3 is 12.1 Å². The van der Waals surface area contributed by atoms with Gasteiger partial charge in [-0.15, -0.1) is 6.58 Å². The molecule has 0 aliphatic heterocycles. The van der Waals surface area contributed by atoms with Crippen LogP contribution in [0.3, 0.4) is 0 Å². The highest BCUT2D eigenvalue weighted by atomic mass is 16.5. The van der Waals surface area contributed by atoms with Gasteiger partial charge in [-0.1, -0.05) is 26.8 Å². The molecule has 0 saturated carbocycles. The van der Waals surface area contributed by atoms with Crippen LogP contribution in [0, 0.1) is 5.92 Å². The molecular formula is C13H25NO4. The monoisotopic (exact) mass is 259 g/mol. The van der Waals surface area contributed by atoms with Crippen LogP contribution in [0.1, 0.15) is 40.0 Å². The van der Waals surface area contributed by atoms with Gasteiger partial charge in [0, 0.05) is 0 Å². The number of alkyl carbamates (subject to hydrolysis) is 1. The first kappa shape index (κ1) is 18.8. The van der Waals surface area contributed by atoms with Crippen molar-refractivity contribution in [3.8, 4) is 0 Å². The Labute approximate surface area is 109 Å². The van der Waals surface area contributed by atoms with E-state index in [4.69, 9.17) is 9.84 Å². The number of unbranched alkanes of at least 4 members (excludes halogenated alkanes) is 2. The maximum absolute atomic E-state index is 10.8. The second kappa shape index (κ2) is 13.5. The van der Waals surface area contributed by atoms with E-state index in [1.165, 1.54) is 0 Å². The number of amides is 1. The van der Waals surface area contributed by atoms with Gasteiger partial charge in [0.1, 0.15) is 6.54 Å². The molecule has 5 nitrogen and oxygen atoms in total. The van der Waals surface area contributed by atoms with Gasteiger partial charge in [-0.25, -0.2) is 4.79 Å². The molecule has 0 saturated heterocycles. The quantitative estimate of drug-likeness (QED) is 0.544. The lowest BCUT2D eigenvalue weighted by Crippen LogP contribution is -2.30. The third-order valence-corrected chi connectivity index (χ3v) is 1.42. The summed E-state index contributed by atoms with van der Waals surface area (Å²) in [4.78, 5) is 20.8. The summed E-state index contributed by atoms with van der Waals surface area (Å²) in [6.45, 7) is 9.95. The lowest BCUT2D eigenvalue weighted by molar-refractivity contribution is -0.135. The summed E-state index contributed by atoms with van der Waals surface area (Å²) >= 11 is 0. The van der Waals surface area contributed by atoms with E-state index >= 15 is 0 Å². The Morgan fingerprint density at radius 3 is 2.33 bits per heavy atom. The minimum atomic E-state index is -1.09. The second-order valence-electron chi connectivity index (χ2n) is 4.40. The van der Waals surface area contributed by atoms with Crippen molar-refractivity contribution < 1.29 is 19.4 Å². The molecule has 0 aromatic rings. The SMILES string of the molecule is C=CCCCCOC(=O)NCC(=O)O.CC(C)C. The van der Waals surface area contributed by atoms with E-state index in [1.54, 1.807) is 6.08 Å². The van der Waals surface area contributed by atoms with Crippen molar-refractivity contribution in [3.63, 3.8) is 0 Å². The van der Waals surface area contributed by atoms with Crippen LogP contribution < -0.4 is 5.32 Å². The Morgan fingerprint density at radius 1 is 1.33 bits per heavy atom. The zero-order chi connectivity index (χ0) is 14.4. The molecule has 0 atom stereocenters. The summed E-state index contributed by atoms with van der Waals surface area (Å²) < 4.78 is 4.69. The summed E-state index contributed by atoms with van der Waals surface area (Å²) in [5, 5.41) is 10.3. The molecule has 0 bridgehead atoms. The third kappa shape index (κ3) is 24.0. The van der Waals surface area contributed by atoms with E-state index in [1.807, 2.05) is 0 Å². The van der Waals surface area contributed by atoms with E-state index < -0.39 is 18.6 Å². The maximum Gasteiger partial charge on any atom is 0.407 e. The molecule has 0 aromatic heterocycles. The normalized spacial score (nSPS) is 9.11. The molecular weight excluding hydrogens is 234 g/mol. The zero-order valence-electron chi connectivity index (χ0n) is 11.6. The maximum atomic E-state index is 10.8. The van der Waals surface area contributed by atoms with Crippen molar-refractivity contribution in [1.29, 1.82) is 0 Å². The molecule has 1 amide bonds. The zero-order valence-corrected chi connectivity index (χ0v) is 11.6. The number of nitrogens with one attached hydrogen (secondary N) is 1. The van der Waals surface area contributed by atoms with Crippen LogP contribution >= 0.6 is 0 Å². The van der Waals surface area contributed by atoms with Crippen molar-refractivity contribution in [2.75, 3.05) is 13.2 Å². The molecule has 0 fully saturated rings. The van der Waals surface area contributed by atoms with Gasteiger partial charge in [-0.05, 0) is 25.2 Å². The fourth-order valence-corrected chi connectivity index (χ4v) is 0.754. The van der Waals surface area contributed by atoms with E-state index in [0.717, 1.165) is 25.2 Å². The Balaban J connectivity index is 0. The highest BCUT2D eigenvalue weighted by Crippen LogP contribution is 1.95. The van der Waals surface area contributed by atoms with Crippen LogP contribution in [0.4, 0.5) is 4.79 Å². The minimum Gasteiger partial charge on any atom is -0.480 e. The van der Waals surface area contributed by atoms with Crippen LogP contribution in [-0.4, -0.2) is 30.3 Å². The predicted octanol–water partition coefficient (Wildman–Crippen LogP) is 2.82. The number of hydrogen-bond acceptors (Lipinski definition) is 3. The van der Waals surface area contributed by atoms with Gasteiger partial charge in [-0.2, -0.15) is 0 Å². The Bertz CT molecular complexity index is 236. The lowest BCUT2D eigenvalue weighted by Gasteiger charge is -2.04. The number of carboxylic acid groups (broad SMARTS) is 1. The first-order valence-corrected chi connectivity index (χ1v) is 6.13. The number of carboxylic acids is 1. The third-order valence-electron chi connectivity index (χ3n) is 1.42. The van der Waals surface area contributed by atoms with Crippen LogP contribution in [0.15, 0.2) is 12.7 Å². The molecule has 0 aromatic carbocycles.